The summed E-state index contributed by atoms with van der Waals surface area (Å²) < 4.78 is 11.3. The lowest BCUT2D eigenvalue weighted by atomic mass is 9.96. The topological polar surface area (TPSA) is 143 Å². The summed E-state index contributed by atoms with van der Waals surface area (Å²) >= 11 is 0. The van der Waals surface area contributed by atoms with Crippen LogP contribution in [0.1, 0.15) is 61.3 Å². The van der Waals surface area contributed by atoms with E-state index in [0.29, 0.717) is 24.8 Å². The first-order valence-electron chi connectivity index (χ1n) is 17.6. The number of nitrogens with one attached hydrogen (secondary N) is 3. The van der Waals surface area contributed by atoms with Crippen LogP contribution in [-0.2, 0) is 9.59 Å². The van der Waals surface area contributed by atoms with Crippen molar-refractivity contribution in [3.05, 3.63) is 73.3 Å². The standard InChI is InChI=1S/C20H26N4O2.C18H22N4O2.2CH4/c1-3-24-11-9-15(10-12-24)20(25)23-19-13-17(21-14-22-19)16-7-5-6-8-18(16)26-4-2;1-2-24-16-6-4-3-5-14(16)15-11-17(21-12-20-15)22-18(23)13-7-9-19-10-8-13;;/h5-8,13-15H,3-4,9-12H2,1-2H3,(H,21,22,23,25);3-6,11-13,19H,2,7-10H2,1H3,(H,20,21,22,23);2*1H4. The van der Waals surface area contributed by atoms with Crippen molar-refractivity contribution in [2.45, 2.75) is 61.3 Å². The maximum absolute atomic E-state index is 12.6. The molecule has 0 aliphatic carbocycles. The van der Waals surface area contributed by atoms with Crippen molar-refractivity contribution in [1.29, 1.82) is 0 Å². The Bertz CT molecular complexity index is 1690. The van der Waals surface area contributed by atoms with Gasteiger partial charge in [-0.05, 0) is 96.5 Å². The number of likely N-dealkylation sites (tertiary alicyclic amines) is 1. The molecule has 0 spiro atoms. The van der Waals surface area contributed by atoms with Crippen LogP contribution in [0.15, 0.2) is 73.3 Å². The Hall–Kier alpha value is -4.94. The minimum absolute atomic E-state index is 0. The van der Waals surface area contributed by atoms with E-state index in [4.69, 9.17) is 9.47 Å². The Morgan fingerprint density at radius 3 is 1.58 bits per heavy atom. The van der Waals surface area contributed by atoms with Gasteiger partial charge in [-0.2, -0.15) is 0 Å². The minimum Gasteiger partial charge on any atom is -0.493 e. The smallest absolute Gasteiger partial charge is 0.228 e. The number of aromatic nitrogens is 4. The van der Waals surface area contributed by atoms with Crippen LogP contribution in [0.2, 0.25) is 0 Å². The number of ether oxygens (including phenoxy) is 2. The summed E-state index contributed by atoms with van der Waals surface area (Å²) in [6, 6.07) is 19.1. The number of anilines is 2. The molecule has 2 aliphatic heterocycles. The number of rotatable bonds is 11. The first-order valence-corrected chi connectivity index (χ1v) is 17.6. The second-order valence-electron chi connectivity index (χ2n) is 12.1. The molecule has 0 radical (unpaired) electrons. The van der Waals surface area contributed by atoms with Gasteiger partial charge in [0.15, 0.2) is 0 Å². The van der Waals surface area contributed by atoms with Gasteiger partial charge in [0.05, 0.1) is 24.6 Å². The number of piperidine rings is 2. The molecule has 2 aliphatic rings. The minimum atomic E-state index is 0. The molecule has 0 atom stereocenters. The van der Waals surface area contributed by atoms with Crippen LogP contribution in [-0.4, -0.2) is 82.6 Å². The van der Waals surface area contributed by atoms with Gasteiger partial charge in [-0.15, -0.1) is 0 Å². The lowest BCUT2D eigenvalue weighted by Gasteiger charge is -2.30. The third-order valence-corrected chi connectivity index (χ3v) is 8.88. The predicted molar refractivity (Wildman–Crippen MR) is 208 cm³/mol. The summed E-state index contributed by atoms with van der Waals surface area (Å²) in [4.78, 5) is 44.4. The summed E-state index contributed by atoms with van der Waals surface area (Å²) in [7, 11) is 0. The normalized spacial score (nSPS) is 14.8. The number of carbonyl (C=O) groups excluding carboxylic acids is 2. The van der Waals surface area contributed by atoms with Crippen LogP contribution >= 0.6 is 0 Å². The van der Waals surface area contributed by atoms with Gasteiger partial charge >= 0.3 is 0 Å². The van der Waals surface area contributed by atoms with Crippen molar-refractivity contribution in [2.24, 2.45) is 11.8 Å². The van der Waals surface area contributed by atoms with Gasteiger partial charge in [0.1, 0.15) is 35.8 Å². The van der Waals surface area contributed by atoms with Crippen molar-refractivity contribution in [2.75, 3.05) is 56.6 Å². The molecule has 2 amide bonds. The zero-order valence-corrected chi connectivity index (χ0v) is 29.2. The van der Waals surface area contributed by atoms with Crippen LogP contribution in [0, 0.1) is 11.8 Å². The van der Waals surface area contributed by atoms with Gasteiger partial charge in [0, 0.05) is 35.1 Å². The quantitative estimate of drug-likeness (QED) is 0.149. The van der Waals surface area contributed by atoms with Gasteiger partial charge in [-0.1, -0.05) is 46.0 Å². The van der Waals surface area contributed by atoms with Gasteiger partial charge in [-0.25, -0.2) is 19.9 Å². The Labute approximate surface area is 309 Å². The number of hydrogen-bond acceptors (Lipinski definition) is 10. The van der Waals surface area contributed by atoms with Gasteiger partial charge in [0.25, 0.3) is 0 Å². The van der Waals surface area contributed by atoms with Crippen LogP contribution in [0.5, 0.6) is 11.5 Å². The summed E-state index contributed by atoms with van der Waals surface area (Å²) in [5, 5.41) is 9.13. The number of hydrogen-bond donors (Lipinski definition) is 3. The van der Waals surface area contributed by atoms with E-state index in [9.17, 15) is 9.59 Å². The highest BCUT2D eigenvalue weighted by molar-refractivity contribution is 5.93. The van der Waals surface area contributed by atoms with E-state index >= 15 is 0 Å². The van der Waals surface area contributed by atoms with Crippen LogP contribution in [0.3, 0.4) is 0 Å². The molecule has 52 heavy (non-hydrogen) atoms. The Kier molecular flexibility index (Phi) is 17.1. The molecule has 0 unspecified atom stereocenters. The van der Waals surface area contributed by atoms with Crippen LogP contribution in [0.25, 0.3) is 22.5 Å². The fourth-order valence-corrected chi connectivity index (χ4v) is 6.12. The van der Waals surface area contributed by atoms with Gasteiger partial charge < -0.3 is 30.3 Å². The van der Waals surface area contributed by atoms with Crippen LogP contribution < -0.4 is 25.4 Å². The van der Waals surface area contributed by atoms with E-state index in [2.05, 4.69) is 47.7 Å². The third-order valence-electron chi connectivity index (χ3n) is 8.88. The molecule has 0 saturated carbocycles. The lowest BCUT2D eigenvalue weighted by Crippen LogP contribution is -2.38. The molecule has 2 aromatic heterocycles. The average Bonchev–Trinajstić information content (AvgIpc) is 3.16. The molecular weight excluding hydrogens is 656 g/mol. The number of nitrogens with zero attached hydrogens (tertiary/aromatic N) is 5. The highest BCUT2D eigenvalue weighted by Crippen LogP contribution is 2.31. The van der Waals surface area contributed by atoms with E-state index in [1.807, 2.05) is 62.4 Å². The monoisotopic (exact) mass is 712 g/mol. The van der Waals surface area contributed by atoms with E-state index in [0.717, 1.165) is 92.4 Å². The molecule has 0 bridgehead atoms. The maximum Gasteiger partial charge on any atom is 0.228 e. The zero-order chi connectivity index (χ0) is 35.1. The van der Waals surface area contributed by atoms with E-state index in [-0.39, 0.29) is 38.5 Å². The zero-order valence-electron chi connectivity index (χ0n) is 29.2. The Balaban J connectivity index is 0.000000271. The second-order valence-corrected chi connectivity index (χ2v) is 12.1. The molecule has 2 saturated heterocycles. The predicted octanol–water partition coefficient (Wildman–Crippen LogP) is 6.97. The Morgan fingerprint density at radius 1 is 0.692 bits per heavy atom. The van der Waals surface area contributed by atoms with Crippen molar-refractivity contribution < 1.29 is 19.1 Å². The first kappa shape index (κ1) is 41.5. The van der Waals surface area contributed by atoms with Gasteiger partial charge in [-0.3, -0.25) is 9.59 Å². The second kappa shape index (κ2) is 21.4. The average molecular weight is 713 g/mol. The molecule has 6 rings (SSSR count). The van der Waals surface area contributed by atoms with E-state index in [1.54, 1.807) is 12.1 Å². The molecule has 2 fully saturated rings. The van der Waals surface area contributed by atoms with Crippen molar-refractivity contribution in [3.63, 3.8) is 0 Å². The molecule has 2 aromatic carbocycles. The molecule has 12 nitrogen and oxygen atoms in total. The summed E-state index contributed by atoms with van der Waals surface area (Å²) in [6.07, 6.45) is 6.45. The van der Waals surface area contributed by atoms with Crippen molar-refractivity contribution >= 4 is 23.5 Å². The van der Waals surface area contributed by atoms with E-state index in [1.165, 1.54) is 12.7 Å². The summed E-state index contributed by atoms with van der Waals surface area (Å²) in [5.74, 6) is 2.77. The first-order chi connectivity index (χ1) is 24.5. The molecule has 4 heterocycles. The fourth-order valence-electron chi connectivity index (χ4n) is 6.12. The number of para-hydroxylation sites is 2. The van der Waals surface area contributed by atoms with Gasteiger partial charge in [0.2, 0.25) is 11.8 Å². The largest absolute Gasteiger partial charge is 0.493 e. The van der Waals surface area contributed by atoms with Crippen molar-refractivity contribution in [3.8, 4) is 34.0 Å². The molecule has 280 valence electrons. The highest BCUT2D eigenvalue weighted by Gasteiger charge is 2.25. The summed E-state index contributed by atoms with van der Waals surface area (Å²) in [6.45, 7) is 12.0. The van der Waals surface area contributed by atoms with E-state index < -0.39 is 0 Å². The lowest BCUT2D eigenvalue weighted by molar-refractivity contribution is -0.121. The Morgan fingerprint density at radius 2 is 1.13 bits per heavy atom. The molecule has 4 aromatic rings. The molecule has 12 heteroatoms. The number of amides is 2. The summed E-state index contributed by atoms with van der Waals surface area (Å²) in [5.41, 5.74) is 3.25. The highest BCUT2D eigenvalue weighted by atomic mass is 16.5. The number of benzene rings is 2. The fraction of sp³-hybridized carbons (Fsp3) is 0.450. The van der Waals surface area contributed by atoms with Crippen molar-refractivity contribution in [1.82, 2.24) is 30.2 Å². The SMILES string of the molecule is C.C.CCOc1ccccc1-c1cc(NC(=O)C2CCN(CC)CC2)ncn1.CCOc1ccccc1-c1cc(NC(=O)C2CCNCC2)ncn1. The maximum atomic E-state index is 12.6. The molecular formula is C40H56N8O4. The molecule has 3 N–H and O–H groups in total. The third kappa shape index (κ3) is 11.5. The van der Waals surface area contributed by atoms with Crippen LogP contribution in [0.4, 0.5) is 11.6 Å². The number of carbonyl (C=O) groups is 2.